The second kappa shape index (κ2) is 8.11. The maximum absolute atomic E-state index is 3.81. The van der Waals surface area contributed by atoms with Crippen LogP contribution in [0.25, 0.3) is 0 Å². The predicted molar refractivity (Wildman–Crippen MR) is 77.6 cm³/mol. The molecule has 0 saturated carbocycles. The smallest absolute Gasteiger partial charge is 0.0270 e. The molecule has 1 aromatic carbocycles. The quantitative estimate of drug-likeness (QED) is 0.430. The number of allylic oxidation sites excluding steroid dienone is 1. The molecule has 1 aromatic rings. The third kappa shape index (κ3) is 4.38. The molecule has 0 N–H and O–H groups in total. The number of hydrogen-bond acceptors (Lipinski definition) is 0. The van der Waals surface area contributed by atoms with Crippen LogP contribution in [0.5, 0.6) is 0 Å². The van der Waals surface area contributed by atoms with Gasteiger partial charge in [-0.1, -0.05) is 51.0 Å². The summed E-state index contributed by atoms with van der Waals surface area (Å²) in [6.45, 7) is 8.34. The monoisotopic (exact) mass is 230 g/mol. The van der Waals surface area contributed by atoms with Gasteiger partial charge in [0, 0.05) is 0 Å². The van der Waals surface area contributed by atoms with Gasteiger partial charge in [0.15, 0.2) is 0 Å². The molecule has 0 aliphatic heterocycles. The lowest BCUT2D eigenvalue weighted by molar-refractivity contribution is 0.794. The average Bonchev–Trinajstić information content (AvgIpc) is 2.33. The van der Waals surface area contributed by atoms with Crippen molar-refractivity contribution in [3.8, 4) is 0 Å². The Morgan fingerprint density at radius 3 is 2.06 bits per heavy atom. The van der Waals surface area contributed by atoms with Crippen LogP contribution in [0.2, 0.25) is 0 Å². The fourth-order valence-electron chi connectivity index (χ4n) is 2.44. The summed E-state index contributed by atoms with van der Waals surface area (Å²) in [7, 11) is 0. The molecule has 0 heteroatoms. The van der Waals surface area contributed by atoms with Gasteiger partial charge in [-0.05, 0) is 48.8 Å². The van der Waals surface area contributed by atoms with E-state index in [2.05, 4.69) is 38.6 Å². The minimum atomic E-state index is 1.13. The van der Waals surface area contributed by atoms with Gasteiger partial charge in [0.05, 0.1) is 0 Å². The number of unbranched alkanes of at least 4 members (excludes halogenated alkanes) is 1. The summed E-state index contributed by atoms with van der Waals surface area (Å²) >= 11 is 0. The Labute approximate surface area is 107 Å². The maximum Gasteiger partial charge on any atom is -0.0270 e. The van der Waals surface area contributed by atoms with E-state index >= 15 is 0 Å². The number of benzene rings is 1. The Morgan fingerprint density at radius 1 is 1.00 bits per heavy atom. The van der Waals surface area contributed by atoms with Crippen LogP contribution < -0.4 is 0 Å². The van der Waals surface area contributed by atoms with Crippen molar-refractivity contribution in [2.75, 3.05) is 0 Å². The van der Waals surface area contributed by atoms with E-state index in [4.69, 9.17) is 0 Å². The third-order valence-corrected chi connectivity index (χ3v) is 3.24. The zero-order valence-corrected chi connectivity index (χ0v) is 11.5. The van der Waals surface area contributed by atoms with Gasteiger partial charge in [-0.15, -0.1) is 6.58 Å². The summed E-state index contributed by atoms with van der Waals surface area (Å²) < 4.78 is 0. The average molecular weight is 230 g/mol. The second-order valence-electron chi connectivity index (χ2n) is 4.74. The third-order valence-electron chi connectivity index (χ3n) is 3.24. The van der Waals surface area contributed by atoms with Crippen LogP contribution in [-0.2, 0) is 19.3 Å². The maximum atomic E-state index is 3.81. The minimum absolute atomic E-state index is 1.13. The summed E-state index contributed by atoms with van der Waals surface area (Å²) in [5.74, 6) is 0. The lowest BCUT2D eigenvalue weighted by Gasteiger charge is -2.14. The Kier molecular flexibility index (Phi) is 6.69. The molecule has 0 bridgehead atoms. The van der Waals surface area contributed by atoms with E-state index in [1.165, 1.54) is 38.5 Å². The van der Waals surface area contributed by atoms with Crippen molar-refractivity contribution in [3.63, 3.8) is 0 Å². The van der Waals surface area contributed by atoms with E-state index in [1.54, 1.807) is 16.7 Å². The van der Waals surface area contributed by atoms with Gasteiger partial charge in [-0.3, -0.25) is 0 Å². The number of rotatable bonds is 8. The molecule has 17 heavy (non-hydrogen) atoms. The Balaban J connectivity index is 2.87. The highest BCUT2D eigenvalue weighted by molar-refractivity contribution is 5.36. The molecular weight excluding hydrogens is 204 g/mol. The van der Waals surface area contributed by atoms with Crippen LogP contribution >= 0.6 is 0 Å². The zero-order chi connectivity index (χ0) is 12.5. The summed E-state index contributed by atoms with van der Waals surface area (Å²) in [6, 6.07) is 6.85. The van der Waals surface area contributed by atoms with Gasteiger partial charge in [0.25, 0.3) is 0 Å². The van der Waals surface area contributed by atoms with E-state index in [-0.39, 0.29) is 0 Å². The minimum Gasteiger partial charge on any atom is -0.103 e. The molecule has 0 heterocycles. The van der Waals surface area contributed by atoms with Crippen molar-refractivity contribution in [2.24, 2.45) is 0 Å². The Bertz CT molecular complexity index is 312. The second-order valence-corrected chi connectivity index (χ2v) is 4.74. The highest BCUT2D eigenvalue weighted by atomic mass is 14.1. The van der Waals surface area contributed by atoms with Gasteiger partial charge >= 0.3 is 0 Å². The van der Waals surface area contributed by atoms with Crippen molar-refractivity contribution in [1.29, 1.82) is 0 Å². The normalized spacial score (nSPS) is 10.5. The standard InChI is InChI=1S/C17H26/c1-4-7-8-14-17-15(10-5-2)12-9-13-16(17)11-6-3/h4,9,12-13H,1,5-8,10-11,14H2,2-3H3. The van der Waals surface area contributed by atoms with Gasteiger partial charge in [-0.25, -0.2) is 0 Å². The lowest BCUT2D eigenvalue weighted by Crippen LogP contribution is -2.00. The summed E-state index contributed by atoms with van der Waals surface area (Å²) in [4.78, 5) is 0. The zero-order valence-electron chi connectivity index (χ0n) is 11.5. The topological polar surface area (TPSA) is 0 Å². The molecule has 0 aromatic heterocycles. The SMILES string of the molecule is C=CCCCc1c(CCC)cccc1CCC. The van der Waals surface area contributed by atoms with Crippen LogP contribution in [0.1, 0.15) is 56.2 Å². The van der Waals surface area contributed by atoms with Crippen molar-refractivity contribution in [3.05, 3.63) is 47.5 Å². The molecule has 0 aliphatic rings. The fraction of sp³-hybridized carbons (Fsp3) is 0.529. The first kappa shape index (κ1) is 14.0. The van der Waals surface area contributed by atoms with E-state index in [0.29, 0.717) is 0 Å². The summed E-state index contributed by atoms with van der Waals surface area (Å²) in [5, 5.41) is 0. The highest BCUT2D eigenvalue weighted by Gasteiger charge is 2.06. The lowest BCUT2D eigenvalue weighted by atomic mass is 9.92. The van der Waals surface area contributed by atoms with Crippen molar-refractivity contribution >= 4 is 0 Å². The van der Waals surface area contributed by atoms with E-state index in [9.17, 15) is 0 Å². The highest BCUT2D eigenvalue weighted by Crippen LogP contribution is 2.20. The first-order valence-electron chi connectivity index (χ1n) is 7.04. The van der Waals surface area contributed by atoms with Crippen LogP contribution in [0.15, 0.2) is 30.9 Å². The van der Waals surface area contributed by atoms with Crippen molar-refractivity contribution in [1.82, 2.24) is 0 Å². The van der Waals surface area contributed by atoms with Crippen LogP contribution in [0.3, 0.4) is 0 Å². The molecule has 0 nitrogen and oxygen atoms in total. The van der Waals surface area contributed by atoms with Gasteiger partial charge < -0.3 is 0 Å². The molecule has 0 spiro atoms. The van der Waals surface area contributed by atoms with E-state index in [1.807, 2.05) is 6.08 Å². The van der Waals surface area contributed by atoms with Crippen LogP contribution in [0, 0.1) is 0 Å². The predicted octanol–water partition coefficient (Wildman–Crippen LogP) is 5.10. The van der Waals surface area contributed by atoms with E-state index < -0.39 is 0 Å². The van der Waals surface area contributed by atoms with Gasteiger partial charge in [-0.2, -0.15) is 0 Å². The first-order chi connectivity index (χ1) is 8.33. The molecule has 0 amide bonds. The molecule has 0 aliphatic carbocycles. The Hall–Kier alpha value is -1.04. The van der Waals surface area contributed by atoms with Gasteiger partial charge in [0.1, 0.15) is 0 Å². The van der Waals surface area contributed by atoms with Crippen molar-refractivity contribution < 1.29 is 0 Å². The van der Waals surface area contributed by atoms with Gasteiger partial charge in [0.2, 0.25) is 0 Å². The molecule has 94 valence electrons. The molecule has 0 radical (unpaired) electrons. The first-order valence-corrected chi connectivity index (χ1v) is 7.04. The van der Waals surface area contributed by atoms with Crippen LogP contribution in [0.4, 0.5) is 0 Å². The molecule has 0 atom stereocenters. The largest absolute Gasteiger partial charge is 0.103 e. The number of hydrogen-bond donors (Lipinski definition) is 0. The molecule has 0 fully saturated rings. The molecule has 1 rings (SSSR count). The van der Waals surface area contributed by atoms with Crippen LogP contribution in [-0.4, -0.2) is 0 Å². The molecule has 0 unspecified atom stereocenters. The fourth-order valence-corrected chi connectivity index (χ4v) is 2.44. The molecular formula is C17H26. The van der Waals surface area contributed by atoms with Crippen molar-refractivity contribution in [2.45, 2.75) is 58.8 Å². The summed E-state index contributed by atoms with van der Waals surface area (Å²) in [6.07, 6.45) is 10.5. The number of aryl methyl sites for hydroxylation is 2. The van der Waals surface area contributed by atoms with E-state index in [0.717, 1.165) is 6.42 Å². The summed E-state index contributed by atoms with van der Waals surface area (Å²) in [5.41, 5.74) is 4.77. The Morgan fingerprint density at radius 2 is 1.59 bits per heavy atom. The molecule has 0 saturated heterocycles.